The first-order valence-electron chi connectivity index (χ1n) is 9.16. The number of carbonyl (C=O) groups is 1. The lowest BCUT2D eigenvalue weighted by molar-refractivity contribution is -0.138. The van der Waals surface area contributed by atoms with Gasteiger partial charge < -0.3 is 14.1 Å². The second-order valence-corrected chi connectivity index (χ2v) is 7.11. The van der Waals surface area contributed by atoms with E-state index in [1.807, 2.05) is 12.3 Å². The number of hydrogen-bond acceptors (Lipinski definition) is 5. The zero-order valence-corrected chi connectivity index (χ0v) is 14.2. The van der Waals surface area contributed by atoms with Gasteiger partial charge in [0.2, 0.25) is 5.91 Å². The number of amides is 1. The Bertz CT molecular complexity index is 542. The summed E-state index contributed by atoms with van der Waals surface area (Å²) in [5.74, 6) is 0.342. The van der Waals surface area contributed by atoms with Crippen molar-refractivity contribution in [3.05, 3.63) is 24.2 Å². The molecular weight excluding hydrogens is 306 g/mol. The van der Waals surface area contributed by atoms with Gasteiger partial charge in [-0.05, 0) is 18.9 Å². The number of piperidine rings is 1. The molecule has 0 saturated carbocycles. The standard InChI is InChI=1S/C18H27N3O3/c22-18-2-1-16-17(3-5-20(16)13-15-4-10-24-14-15)21(18)7-6-19-8-11-23-12-9-19/h4,10,14,16-17H,1-3,5-9,11-13H2/t16-,17-/m1/s1. The van der Waals surface area contributed by atoms with E-state index in [0.717, 1.165) is 65.3 Å². The summed E-state index contributed by atoms with van der Waals surface area (Å²) in [5, 5.41) is 0. The SMILES string of the molecule is O=C1CC[C@@H]2[C@@H](CCN2Cc2ccoc2)N1CCN1CCOCC1. The van der Waals surface area contributed by atoms with Crippen molar-refractivity contribution in [2.24, 2.45) is 0 Å². The van der Waals surface area contributed by atoms with E-state index in [-0.39, 0.29) is 0 Å². The number of morpholine rings is 1. The Hall–Kier alpha value is -1.37. The molecule has 6 nitrogen and oxygen atoms in total. The van der Waals surface area contributed by atoms with Gasteiger partial charge in [0, 0.05) is 63.3 Å². The maximum Gasteiger partial charge on any atom is 0.222 e. The summed E-state index contributed by atoms with van der Waals surface area (Å²) in [6, 6.07) is 2.93. The van der Waals surface area contributed by atoms with E-state index in [1.165, 1.54) is 5.56 Å². The number of furan rings is 1. The molecule has 3 aliphatic rings. The van der Waals surface area contributed by atoms with E-state index < -0.39 is 0 Å². The van der Waals surface area contributed by atoms with Gasteiger partial charge in [0.25, 0.3) is 0 Å². The third-order valence-electron chi connectivity index (χ3n) is 5.73. The fraction of sp³-hybridized carbons (Fsp3) is 0.722. The fourth-order valence-electron chi connectivity index (χ4n) is 4.42. The zero-order valence-electron chi connectivity index (χ0n) is 14.2. The second-order valence-electron chi connectivity index (χ2n) is 7.11. The first-order valence-corrected chi connectivity index (χ1v) is 9.16. The lowest BCUT2D eigenvalue weighted by Gasteiger charge is -2.41. The summed E-state index contributed by atoms with van der Waals surface area (Å²) in [7, 11) is 0. The van der Waals surface area contributed by atoms with E-state index in [4.69, 9.17) is 9.15 Å². The van der Waals surface area contributed by atoms with Crippen LogP contribution in [0.2, 0.25) is 0 Å². The molecule has 3 fully saturated rings. The van der Waals surface area contributed by atoms with Crippen LogP contribution in [0.25, 0.3) is 0 Å². The molecule has 0 bridgehead atoms. The van der Waals surface area contributed by atoms with Gasteiger partial charge >= 0.3 is 0 Å². The first-order chi connectivity index (χ1) is 11.8. The molecule has 0 unspecified atom stereocenters. The minimum Gasteiger partial charge on any atom is -0.472 e. The highest BCUT2D eigenvalue weighted by atomic mass is 16.5. The molecule has 24 heavy (non-hydrogen) atoms. The van der Waals surface area contributed by atoms with Crippen LogP contribution in [0.15, 0.2) is 23.0 Å². The smallest absolute Gasteiger partial charge is 0.222 e. The van der Waals surface area contributed by atoms with Gasteiger partial charge in [-0.25, -0.2) is 0 Å². The monoisotopic (exact) mass is 333 g/mol. The van der Waals surface area contributed by atoms with E-state index >= 15 is 0 Å². The predicted molar refractivity (Wildman–Crippen MR) is 89.5 cm³/mol. The number of carbonyl (C=O) groups excluding carboxylic acids is 1. The molecule has 3 aliphatic heterocycles. The summed E-state index contributed by atoms with van der Waals surface area (Å²) < 4.78 is 10.6. The quantitative estimate of drug-likeness (QED) is 0.810. The third-order valence-corrected chi connectivity index (χ3v) is 5.73. The maximum absolute atomic E-state index is 12.5. The van der Waals surface area contributed by atoms with Crippen molar-refractivity contribution in [3.63, 3.8) is 0 Å². The number of likely N-dealkylation sites (tertiary alicyclic amines) is 2. The largest absolute Gasteiger partial charge is 0.472 e. The summed E-state index contributed by atoms with van der Waals surface area (Å²) >= 11 is 0. The molecule has 6 heteroatoms. The Morgan fingerprint density at radius 2 is 1.96 bits per heavy atom. The summed E-state index contributed by atoms with van der Waals surface area (Å²) in [4.78, 5) is 19.6. The molecule has 1 amide bonds. The Morgan fingerprint density at radius 3 is 2.75 bits per heavy atom. The second kappa shape index (κ2) is 7.25. The highest BCUT2D eigenvalue weighted by molar-refractivity contribution is 5.77. The van der Waals surface area contributed by atoms with Crippen LogP contribution in [-0.2, 0) is 16.1 Å². The van der Waals surface area contributed by atoms with Crippen LogP contribution in [0.5, 0.6) is 0 Å². The van der Waals surface area contributed by atoms with Crippen molar-refractivity contribution in [2.45, 2.75) is 37.9 Å². The predicted octanol–water partition coefficient (Wildman–Crippen LogP) is 1.18. The highest BCUT2D eigenvalue weighted by Crippen LogP contribution is 2.32. The van der Waals surface area contributed by atoms with Crippen molar-refractivity contribution < 1.29 is 13.9 Å². The van der Waals surface area contributed by atoms with Gasteiger partial charge in [0.1, 0.15) is 0 Å². The van der Waals surface area contributed by atoms with Crippen molar-refractivity contribution >= 4 is 5.91 Å². The van der Waals surface area contributed by atoms with Crippen LogP contribution >= 0.6 is 0 Å². The molecule has 3 saturated heterocycles. The van der Waals surface area contributed by atoms with Gasteiger partial charge in [0.15, 0.2) is 0 Å². The van der Waals surface area contributed by atoms with Gasteiger partial charge in [-0.15, -0.1) is 0 Å². The summed E-state index contributed by atoms with van der Waals surface area (Å²) in [5.41, 5.74) is 1.23. The number of hydrogen-bond donors (Lipinski definition) is 0. The van der Waals surface area contributed by atoms with Crippen molar-refractivity contribution in [1.29, 1.82) is 0 Å². The number of nitrogens with zero attached hydrogens (tertiary/aromatic N) is 3. The van der Waals surface area contributed by atoms with Crippen LogP contribution in [0.4, 0.5) is 0 Å². The Labute approximate surface area is 143 Å². The number of fused-ring (bicyclic) bond motifs is 1. The molecule has 0 aromatic carbocycles. The van der Waals surface area contributed by atoms with Gasteiger partial charge in [0.05, 0.1) is 25.7 Å². The molecule has 0 aliphatic carbocycles. The van der Waals surface area contributed by atoms with E-state index in [2.05, 4.69) is 14.7 Å². The molecule has 0 N–H and O–H groups in total. The average molecular weight is 333 g/mol. The Morgan fingerprint density at radius 1 is 1.08 bits per heavy atom. The minimum absolute atomic E-state index is 0.342. The lowest BCUT2D eigenvalue weighted by Crippen LogP contribution is -2.54. The fourth-order valence-corrected chi connectivity index (χ4v) is 4.42. The minimum atomic E-state index is 0.342. The van der Waals surface area contributed by atoms with Gasteiger partial charge in [-0.3, -0.25) is 14.6 Å². The Balaban J connectivity index is 1.36. The third kappa shape index (κ3) is 3.36. The maximum atomic E-state index is 12.5. The van der Waals surface area contributed by atoms with Crippen molar-refractivity contribution in [3.8, 4) is 0 Å². The molecule has 4 heterocycles. The van der Waals surface area contributed by atoms with Crippen LogP contribution in [0.1, 0.15) is 24.8 Å². The van der Waals surface area contributed by atoms with Crippen LogP contribution in [0, 0.1) is 0 Å². The van der Waals surface area contributed by atoms with Gasteiger partial charge in [-0.1, -0.05) is 0 Å². The number of ether oxygens (including phenoxy) is 1. The molecule has 2 atom stereocenters. The normalized spacial score (nSPS) is 29.2. The Kier molecular flexibility index (Phi) is 4.87. The van der Waals surface area contributed by atoms with Crippen LogP contribution < -0.4 is 0 Å². The van der Waals surface area contributed by atoms with Gasteiger partial charge in [-0.2, -0.15) is 0 Å². The topological polar surface area (TPSA) is 49.2 Å². The summed E-state index contributed by atoms with van der Waals surface area (Å²) in [6.45, 7) is 7.45. The highest BCUT2D eigenvalue weighted by Gasteiger charge is 2.42. The molecular formula is C18H27N3O3. The number of rotatable bonds is 5. The molecule has 1 aromatic rings. The molecule has 1 aromatic heterocycles. The first kappa shape index (κ1) is 16.1. The van der Waals surface area contributed by atoms with Crippen molar-refractivity contribution in [1.82, 2.24) is 14.7 Å². The van der Waals surface area contributed by atoms with Crippen molar-refractivity contribution in [2.75, 3.05) is 45.9 Å². The van der Waals surface area contributed by atoms with E-state index in [9.17, 15) is 4.79 Å². The average Bonchev–Trinajstić information content (AvgIpc) is 3.26. The molecule has 132 valence electrons. The summed E-state index contributed by atoms with van der Waals surface area (Å²) in [6.07, 6.45) is 6.35. The molecule has 0 spiro atoms. The van der Waals surface area contributed by atoms with Crippen LogP contribution in [-0.4, -0.2) is 78.6 Å². The molecule has 0 radical (unpaired) electrons. The van der Waals surface area contributed by atoms with E-state index in [0.29, 0.717) is 24.4 Å². The zero-order chi connectivity index (χ0) is 16.4. The van der Waals surface area contributed by atoms with E-state index in [1.54, 1.807) is 6.26 Å². The molecule has 4 rings (SSSR count). The van der Waals surface area contributed by atoms with Crippen LogP contribution in [0.3, 0.4) is 0 Å². The lowest BCUT2D eigenvalue weighted by atomic mass is 9.96.